The normalized spacial score (nSPS) is 11.9. The van der Waals surface area contributed by atoms with E-state index >= 15 is 0 Å². The molecule has 6 nitrogen and oxygen atoms in total. The second-order valence-electron chi connectivity index (χ2n) is 14.0. The van der Waals surface area contributed by atoms with Crippen LogP contribution in [0.3, 0.4) is 0 Å². The number of aromatic nitrogens is 5. The zero-order chi connectivity index (χ0) is 37.0. The molecule has 56 heavy (non-hydrogen) atoms. The fourth-order valence-electron chi connectivity index (χ4n) is 7.89. The topological polar surface area (TPSA) is 59.7 Å². The average molecular weight is 717 g/mol. The van der Waals surface area contributed by atoms with Crippen LogP contribution in [0.15, 0.2) is 194 Å². The summed E-state index contributed by atoms with van der Waals surface area (Å²) < 4.78 is 2.32. The standard InChI is InChI=1S/C50H32N6/c1-3-15-33(16-4-1)47-52-48(34-17-5-2-6-18-34)54-49(53-47)39-23-13-21-35(29-39)36-22-14-24-40(30-36)55-44-27-11-9-25-41(44)42-26-10-12-28-45(42)56-46-32-38-20-8-7-19-37(38)31-43(46)51-50(55)56/h1-32H. The summed E-state index contributed by atoms with van der Waals surface area (Å²) in [6.07, 6.45) is 0. The highest BCUT2D eigenvalue weighted by Crippen LogP contribution is 2.48. The molecule has 2 aromatic heterocycles. The van der Waals surface area contributed by atoms with E-state index in [4.69, 9.17) is 19.9 Å². The summed E-state index contributed by atoms with van der Waals surface area (Å²) in [5, 5.41) is 2.35. The molecule has 0 amide bonds. The quantitative estimate of drug-likeness (QED) is 0.177. The van der Waals surface area contributed by atoms with Crippen molar-refractivity contribution in [3.63, 3.8) is 0 Å². The lowest BCUT2D eigenvalue weighted by Crippen LogP contribution is -2.14. The molecule has 0 N–H and O–H groups in total. The summed E-state index contributed by atoms with van der Waals surface area (Å²) in [5.41, 5.74) is 12.4. The van der Waals surface area contributed by atoms with Gasteiger partial charge in [-0.15, -0.1) is 0 Å². The minimum absolute atomic E-state index is 0.621. The van der Waals surface area contributed by atoms with Crippen molar-refractivity contribution in [1.82, 2.24) is 24.5 Å². The van der Waals surface area contributed by atoms with E-state index in [1.54, 1.807) is 0 Å². The second-order valence-corrected chi connectivity index (χ2v) is 14.0. The van der Waals surface area contributed by atoms with Crippen molar-refractivity contribution in [3.05, 3.63) is 194 Å². The Morgan fingerprint density at radius 3 is 1.54 bits per heavy atom. The summed E-state index contributed by atoms with van der Waals surface area (Å²) in [6, 6.07) is 67.6. The van der Waals surface area contributed by atoms with Gasteiger partial charge in [0.05, 0.1) is 22.4 Å². The highest BCUT2D eigenvalue weighted by Gasteiger charge is 2.29. The third-order valence-electron chi connectivity index (χ3n) is 10.5. The van der Waals surface area contributed by atoms with E-state index in [0.717, 1.165) is 73.0 Å². The van der Waals surface area contributed by atoms with Crippen LogP contribution < -0.4 is 4.90 Å². The van der Waals surface area contributed by atoms with Crippen LogP contribution in [-0.4, -0.2) is 24.5 Å². The van der Waals surface area contributed by atoms with Crippen LogP contribution in [0.2, 0.25) is 0 Å². The molecule has 1 aliphatic heterocycles. The minimum atomic E-state index is 0.621. The summed E-state index contributed by atoms with van der Waals surface area (Å²) in [6.45, 7) is 0. The molecule has 10 aromatic rings. The van der Waals surface area contributed by atoms with Crippen LogP contribution in [0, 0.1) is 0 Å². The number of benzene rings is 8. The molecule has 262 valence electrons. The zero-order valence-electron chi connectivity index (χ0n) is 30.2. The van der Waals surface area contributed by atoms with Gasteiger partial charge in [-0.25, -0.2) is 19.9 Å². The average Bonchev–Trinajstić information content (AvgIpc) is 3.58. The van der Waals surface area contributed by atoms with E-state index in [-0.39, 0.29) is 0 Å². The smallest absolute Gasteiger partial charge is 0.220 e. The monoisotopic (exact) mass is 716 g/mol. The van der Waals surface area contributed by atoms with Gasteiger partial charge in [0.15, 0.2) is 17.5 Å². The van der Waals surface area contributed by atoms with E-state index in [9.17, 15) is 0 Å². The molecule has 0 saturated heterocycles. The van der Waals surface area contributed by atoms with Crippen molar-refractivity contribution >= 4 is 39.1 Å². The van der Waals surface area contributed by atoms with Crippen LogP contribution in [-0.2, 0) is 0 Å². The lowest BCUT2D eigenvalue weighted by atomic mass is 10.00. The first-order valence-corrected chi connectivity index (χ1v) is 18.7. The van der Waals surface area contributed by atoms with Gasteiger partial charge in [0.2, 0.25) is 5.95 Å². The largest absolute Gasteiger partial charge is 0.280 e. The van der Waals surface area contributed by atoms with Crippen molar-refractivity contribution < 1.29 is 0 Å². The van der Waals surface area contributed by atoms with E-state index in [1.165, 1.54) is 10.8 Å². The van der Waals surface area contributed by atoms with E-state index < -0.39 is 0 Å². The van der Waals surface area contributed by atoms with E-state index in [0.29, 0.717) is 17.5 Å². The Morgan fingerprint density at radius 1 is 0.339 bits per heavy atom. The Hall–Kier alpha value is -7.70. The highest BCUT2D eigenvalue weighted by atomic mass is 15.3. The van der Waals surface area contributed by atoms with Crippen molar-refractivity contribution in [1.29, 1.82) is 0 Å². The molecule has 0 bridgehead atoms. The van der Waals surface area contributed by atoms with Gasteiger partial charge in [0.25, 0.3) is 0 Å². The van der Waals surface area contributed by atoms with Crippen molar-refractivity contribution in [2.75, 3.05) is 4.90 Å². The van der Waals surface area contributed by atoms with E-state index in [2.05, 4.69) is 143 Å². The van der Waals surface area contributed by atoms with Gasteiger partial charge in [-0.2, -0.15) is 0 Å². The molecule has 0 aliphatic carbocycles. The first kappa shape index (κ1) is 31.8. The Balaban J connectivity index is 1.07. The van der Waals surface area contributed by atoms with Gasteiger partial charge >= 0.3 is 0 Å². The number of nitrogens with zero attached hydrogens (tertiary/aromatic N) is 6. The molecule has 0 atom stereocenters. The molecule has 11 rings (SSSR count). The van der Waals surface area contributed by atoms with Gasteiger partial charge in [0.1, 0.15) is 0 Å². The molecular formula is C50H32N6. The SMILES string of the molecule is c1ccc(-c2nc(-c3ccccc3)nc(-c3cccc(-c4cccc(N5c6ccccc6-c6ccccc6-n6c5nc5cc7ccccc7cc56)c4)c3)n2)cc1. The van der Waals surface area contributed by atoms with Crippen LogP contribution in [0.1, 0.15) is 0 Å². The maximum Gasteiger partial charge on any atom is 0.220 e. The Labute approximate surface area is 323 Å². The molecule has 0 fully saturated rings. The number of hydrogen-bond acceptors (Lipinski definition) is 5. The van der Waals surface area contributed by atoms with Crippen molar-refractivity contribution in [2.45, 2.75) is 0 Å². The first-order chi connectivity index (χ1) is 27.7. The Morgan fingerprint density at radius 2 is 0.839 bits per heavy atom. The summed E-state index contributed by atoms with van der Waals surface area (Å²) in [4.78, 5) is 22.6. The van der Waals surface area contributed by atoms with Crippen molar-refractivity contribution in [2.24, 2.45) is 0 Å². The summed E-state index contributed by atoms with van der Waals surface area (Å²) in [7, 11) is 0. The highest BCUT2D eigenvalue weighted by molar-refractivity contribution is 6.01. The lowest BCUT2D eigenvalue weighted by molar-refractivity contribution is 1.05. The zero-order valence-corrected chi connectivity index (χ0v) is 30.2. The van der Waals surface area contributed by atoms with Gasteiger partial charge in [-0.05, 0) is 64.4 Å². The number of para-hydroxylation sites is 2. The van der Waals surface area contributed by atoms with Crippen molar-refractivity contribution in [3.8, 4) is 62.1 Å². The molecular weight excluding hydrogens is 685 g/mol. The molecule has 1 aliphatic rings. The third kappa shape index (κ3) is 5.35. The van der Waals surface area contributed by atoms with Gasteiger partial charge in [-0.1, -0.05) is 152 Å². The van der Waals surface area contributed by atoms with E-state index in [1.807, 2.05) is 60.7 Å². The number of rotatable bonds is 5. The molecule has 0 unspecified atom stereocenters. The Bertz CT molecular complexity index is 3040. The van der Waals surface area contributed by atoms with Crippen LogP contribution in [0.4, 0.5) is 17.3 Å². The van der Waals surface area contributed by atoms with Gasteiger partial charge < -0.3 is 0 Å². The maximum atomic E-state index is 5.41. The number of imidazole rings is 1. The number of anilines is 3. The maximum absolute atomic E-state index is 5.41. The molecule has 3 heterocycles. The number of fused-ring (bicyclic) bond motifs is 8. The summed E-state index contributed by atoms with van der Waals surface area (Å²) >= 11 is 0. The third-order valence-corrected chi connectivity index (χ3v) is 10.5. The molecule has 6 heteroatoms. The predicted molar refractivity (Wildman–Crippen MR) is 227 cm³/mol. The van der Waals surface area contributed by atoms with Gasteiger partial charge in [0, 0.05) is 33.5 Å². The molecule has 0 radical (unpaired) electrons. The molecule has 0 spiro atoms. The fraction of sp³-hybridized carbons (Fsp3) is 0. The van der Waals surface area contributed by atoms with Crippen LogP contribution >= 0.6 is 0 Å². The lowest BCUT2D eigenvalue weighted by Gasteiger charge is -2.25. The van der Waals surface area contributed by atoms with Crippen LogP contribution in [0.25, 0.3) is 83.9 Å². The summed E-state index contributed by atoms with van der Waals surface area (Å²) in [5.74, 6) is 2.73. The predicted octanol–water partition coefficient (Wildman–Crippen LogP) is 12.5. The van der Waals surface area contributed by atoms with Crippen LogP contribution in [0.5, 0.6) is 0 Å². The molecule has 0 saturated carbocycles. The number of hydrogen-bond donors (Lipinski definition) is 0. The fourth-order valence-corrected chi connectivity index (χ4v) is 7.89. The second kappa shape index (κ2) is 13.0. The first-order valence-electron chi connectivity index (χ1n) is 18.7. The molecule has 8 aromatic carbocycles. The minimum Gasteiger partial charge on any atom is -0.280 e. The van der Waals surface area contributed by atoms with Gasteiger partial charge in [-0.3, -0.25) is 9.47 Å². The Kier molecular flexibility index (Phi) is 7.38.